The molecule has 2 aliphatic rings. The molecule has 1 aliphatic heterocycles. The number of fused-ring (bicyclic) bond motifs is 3. The molecule has 32 heavy (non-hydrogen) atoms. The van der Waals surface area contributed by atoms with Gasteiger partial charge < -0.3 is 19.7 Å². The van der Waals surface area contributed by atoms with Gasteiger partial charge >= 0.3 is 5.97 Å². The van der Waals surface area contributed by atoms with E-state index in [-0.39, 0.29) is 11.4 Å². The van der Waals surface area contributed by atoms with Crippen LogP contribution >= 0.6 is 15.9 Å². The van der Waals surface area contributed by atoms with Crippen molar-refractivity contribution in [1.29, 1.82) is 0 Å². The van der Waals surface area contributed by atoms with Gasteiger partial charge in [0.1, 0.15) is 23.1 Å². The first kappa shape index (κ1) is 20.7. The number of halogens is 1. The summed E-state index contributed by atoms with van der Waals surface area (Å²) in [5.41, 5.74) is -3.04. The molecule has 7 nitrogen and oxygen atoms in total. The Kier molecular flexibility index (Phi) is 4.61. The molecule has 0 bridgehead atoms. The van der Waals surface area contributed by atoms with E-state index < -0.39 is 34.8 Å². The number of benzene rings is 2. The average Bonchev–Trinajstić information content (AvgIpc) is 3.17. The molecular formula is C24H18BrNO6. The van der Waals surface area contributed by atoms with Crippen LogP contribution in [-0.4, -0.2) is 34.1 Å². The molecule has 0 unspecified atom stereocenters. The molecule has 0 radical (unpaired) electrons. The zero-order valence-corrected chi connectivity index (χ0v) is 18.4. The smallest absolute Gasteiger partial charge is 0.314 e. The second kappa shape index (κ2) is 7.15. The zero-order valence-electron chi connectivity index (χ0n) is 16.9. The zero-order chi connectivity index (χ0) is 22.7. The summed E-state index contributed by atoms with van der Waals surface area (Å²) in [6.07, 6.45) is 1.37. The van der Waals surface area contributed by atoms with Gasteiger partial charge in [0.05, 0.1) is 19.2 Å². The molecule has 4 atom stereocenters. The highest BCUT2D eigenvalue weighted by atomic mass is 79.9. The number of methoxy groups -OCH3 is 1. The maximum absolute atomic E-state index is 13.7. The van der Waals surface area contributed by atoms with Crippen molar-refractivity contribution >= 4 is 27.7 Å². The molecule has 8 heteroatoms. The highest BCUT2D eigenvalue weighted by molar-refractivity contribution is 9.10. The van der Waals surface area contributed by atoms with Crippen LogP contribution in [0.5, 0.6) is 11.5 Å². The van der Waals surface area contributed by atoms with Crippen LogP contribution in [0.2, 0.25) is 0 Å². The second-order valence-corrected chi connectivity index (χ2v) is 8.76. The van der Waals surface area contributed by atoms with Gasteiger partial charge in [-0.3, -0.25) is 9.59 Å². The van der Waals surface area contributed by atoms with Crippen molar-refractivity contribution in [2.75, 3.05) is 7.11 Å². The summed E-state index contributed by atoms with van der Waals surface area (Å²) >= 11 is 3.40. The SMILES string of the molecule is COc1cnc2c(c1)O[C@@]1(c3ccc(Br)cc3)[C@H](c3ccccc3)[C@@H](C(=O)O)C(=O)[C@@]21O. The predicted molar refractivity (Wildman–Crippen MR) is 116 cm³/mol. The summed E-state index contributed by atoms with van der Waals surface area (Å²) in [5.74, 6) is -4.19. The monoisotopic (exact) mass is 495 g/mol. The normalized spacial score (nSPS) is 28.0. The summed E-state index contributed by atoms with van der Waals surface area (Å²) < 4.78 is 12.4. The number of aliphatic hydroxyl groups is 1. The summed E-state index contributed by atoms with van der Waals surface area (Å²) in [5, 5.41) is 22.2. The van der Waals surface area contributed by atoms with Crippen molar-refractivity contribution in [2.45, 2.75) is 17.1 Å². The molecule has 3 aromatic rings. The number of nitrogens with zero attached hydrogens (tertiary/aromatic N) is 1. The van der Waals surface area contributed by atoms with Crippen molar-refractivity contribution in [1.82, 2.24) is 4.98 Å². The molecule has 1 fully saturated rings. The van der Waals surface area contributed by atoms with Crippen molar-refractivity contribution in [2.24, 2.45) is 5.92 Å². The van der Waals surface area contributed by atoms with Crippen molar-refractivity contribution < 1.29 is 29.3 Å². The van der Waals surface area contributed by atoms with Crippen LogP contribution in [0.1, 0.15) is 22.7 Å². The topological polar surface area (TPSA) is 106 Å². The number of aromatic nitrogens is 1. The number of ketones is 1. The van der Waals surface area contributed by atoms with Gasteiger partial charge in [-0.1, -0.05) is 58.4 Å². The molecule has 1 aliphatic carbocycles. The largest absolute Gasteiger partial charge is 0.495 e. The third-order valence-electron chi connectivity index (χ3n) is 6.32. The van der Waals surface area contributed by atoms with E-state index in [0.29, 0.717) is 16.9 Å². The maximum atomic E-state index is 13.7. The number of hydrogen-bond acceptors (Lipinski definition) is 6. The lowest BCUT2D eigenvalue weighted by Gasteiger charge is -2.38. The van der Waals surface area contributed by atoms with Gasteiger partial charge in [0, 0.05) is 10.5 Å². The van der Waals surface area contributed by atoms with Crippen LogP contribution < -0.4 is 9.47 Å². The molecule has 0 amide bonds. The Morgan fingerprint density at radius 2 is 1.84 bits per heavy atom. The maximum Gasteiger partial charge on any atom is 0.314 e. The van der Waals surface area contributed by atoms with Crippen LogP contribution in [0.4, 0.5) is 0 Å². The number of pyridine rings is 1. The number of hydrogen-bond donors (Lipinski definition) is 2. The molecule has 5 rings (SSSR count). The van der Waals surface area contributed by atoms with E-state index in [2.05, 4.69) is 20.9 Å². The molecular weight excluding hydrogens is 478 g/mol. The fraction of sp³-hybridized carbons (Fsp3) is 0.208. The molecule has 0 saturated heterocycles. The molecule has 1 saturated carbocycles. The van der Waals surface area contributed by atoms with E-state index in [9.17, 15) is 19.8 Å². The Labute approximate surface area is 191 Å². The van der Waals surface area contributed by atoms with E-state index in [1.807, 2.05) is 0 Å². The minimum Gasteiger partial charge on any atom is -0.495 e. The Morgan fingerprint density at radius 3 is 2.47 bits per heavy atom. The van der Waals surface area contributed by atoms with Crippen molar-refractivity contribution in [3.8, 4) is 11.5 Å². The summed E-state index contributed by atoms with van der Waals surface area (Å²) in [4.78, 5) is 30.4. The van der Waals surface area contributed by atoms with Crippen LogP contribution in [0.3, 0.4) is 0 Å². The lowest BCUT2D eigenvalue weighted by Crippen LogP contribution is -2.51. The number of ether oxygens (including phenoxy) is 2. The second-order valence-electron chi connectivity index (χ2n) is 7.85. The van der Waals surface area contributed by atoms with Crippen LogP contribution in [0.15, 0.2) is 71.3 Å². The van der Waals surface area contributed by atoms with Gasteiger partial charge in [-0.15, -0.1) is 0 Å². The quantitative estimate of drug-likeness (QED) is 0.534. The number of carboxylic acids is 1. The number of Topliss-reactive ketones (excluding diaryl/α,β-unsaturated/α-hetero) is 1. The lowest BCUT2D eigenvalue weighted by atomic mass is 9.71. The van der Waals surface area contributed by atoms with Gasteiger partial charge in [0.25, 0.3) is 0 Å². The molecule has 1 aromatic heterocycles. The Hall–Kier alpha value is -3.23. The Morgan fingerprint density at radius 1 is 1.16 bits per heavy atom. The minimum atomic E-state index is -2.31. The first-order valence-corrected chi connectivity index (χ1v) is 10.7. The lowest BCUT2D eigenvalue weighted by molar-refractivity contribution is -0.154. The van der Waals surface area contributed by atoms with Crippen LogP contribution in [0, 0.1) is 5.92 Å². The molecule has 2 N–H and O–H groups in total. The molecule has 0 spiro atoms. The standard InChI is InChI=1S/C24H18BrNO6/c1-31-16-11-17-20(26-12-16)23(30)21(27)18(22(28)29)19(13-5-3-2-4-6-13)24(23,32-17)14-7-9-15(25)10-8-14/h2-12,18-19,30H,1H3,(H,28,29)/t18-,19-,23+,24+/m1/s1. The van der Waals surface area contributed by atoms with E-state index in [1.165, 1.54) is 13.3 Å². The third kappa shape index (κ3) is 2.53. The fourth-order valence-electron chi connectivity index (χ4n) is 5.00. The number of rotatable bonds is 4. The summed E-state index contributed by atoms with van der Waals surface area (Å²) in [6.45, 7) is 0. The Balaban J connectivity index is 1.87. The van der Waals surface area contributed by atoms with Gasteiger partial charge in [-0.25, -0.2) is 4.98 Å². The van der Waals surface area contributed by atoms with Crippen molar-refractivity contribution in [3.05, 3.63) is 88.2 Å². The number of carbonyl (C=O) groups is 2. The van der Waals surface area contributed by atoms with Gasteiger partial charge in [-0.2, -0.15) is 0 Å². The number of aliphatic carboxylic acids is 1. The highest BCUT2D eigenvalue weighted by Crippen LogP contribution is 2.66. The average molecular weight is 496 g/mol. The van der Waals surface area contributed by atoms with Crippen LogP contribution in [0.25, 0.3) is 0 Å². The molecule has 2 heterocycles. The Bertz CT molecular complexity index is 1230. The molecule has 2 aromatic carbocycles. The van der Waals surface area contributed by atoms with Crippen molar-refractivity contribution in [3.63, 3.8) is 0 Å². The number of carbonyl (C=O) groups excluding carboxylic acids is 1. The van der Waals surface area contributed by atoms with E-state index in [4.69, 9.17) is 9.47 Å². The predicted octanol–water partition coefficient (Wildman–Crippen LogP) is 3.40. The molecule has 162 valence electrons. The first-order chi connectivity index (χ1) is 15.3. The fourth-order valence-corrected chi connectivity index (χ4v) is 5.26. The first-order valence-electron chi connectivity index (χ1n) is 9.88. The third-order valence-corrected chi connectivity index (χ3v) is 6.85. The van der Waals surface area contributed by atoms with E-state index in [1.54, 1.807) is 60.7 Å². The van der Waals surface area contributed by atoms with E-state index >= 15 is 0 Å². The summed E-state index contributed by atoms with van der Waals surface area (Å²) in [7, 11) is 1.47. The van der Waals surface area contributed by atoms with Gasteiger partial charge in [0.15, 0.2) is 11.4 Å². The number of carboxylic acid groups (broad SMARTS) is 1. The van der Waals surface area contributed by atoms with Crippen LogP contribution in [-0.2, 0) is 20.8 Å². The minimum absolute atomic E-state index is 0.0177. The van der Waals surface area contributed by atoms with Gasteiger partial charge in [-0.05, 0) is 23.3 Å². The van der Waals surface area contributed by atoms with Gasteiger partial charge in [0.2, 0.25) is 5.60 Å². The summed E-state index contributed by atoms with van der Waals surface area (Å²) in [6, 6.07) is 17.3. The highest BCUT2D eigenvalue weighted by Gasteiger charge is 2.78. The van der Waals surface area contributed by atoms with E-state index in [0.717, 1.165) is 4.47 Å².